The second-order valence-corrected chi connectivity index (χ2v) is 4.77. The van der Waals surface area contributed by atoms with Crippen LogP contribution in [0.4, 0.5) is 4.39 Å². The molecule has 0 heterocycles. The van der Waals surface area contributed by atoms with Gasteiger partial charge in [-0.1, -0.05) is 37.9 Å². The zero-order valence-corrected chi connectivity index (χ0v) is 11.0. The summed E-state index contributed by atoms with van der Waals surface area (Å²) in [6.07, 6.45) is -1.82. The summed E-state index contributed by atoms with van der Waals surface area (Å²) in [5.74, 6) is -0.523. The monoisotopic (exact) mass is 340 g/mol. The van der Waals surface area contributed by atoms with Crippen molar-refractivity contribution in [3.05, 3.63) is 34.1 Å². The van der Waals surface area contributed by atoms with E-state index in [2.05, 4.69) is 31.9 Å². The Morgan fingerprint density at radius 1 is 1.33 bits per heavy atom. The van der Waals surface area contributed by atoms with Gasteiger partial charge in [0, 0.05) is 15.4 Å². The van der Waals surface area contributed by atoms with E-state index < -0.39 is 18.0 Å². The van der Waals surface area contributed by atoms with Crippen LogP contribution in [0.15, 0.2) is 22.7 Å². The van der Waals surface area contributed by atoms with Crippen molar-refractivity contribution in [2.75, 3.05) is 5.33 Å². The van der Waals surface area contributed by atoms with Gasteiger partial charge in [0.2, 0.25) is 0 Å². The molecule has 0 aromatic heterocycles. The van der Waals surface area contributed by atoms with Crippen LogP contribution in [0.25, 0.3) is 0 Å². The van der Waals surface area contributed by atoms with Gasteiger partial charge in [0.05, 0.1) is 6.10 Å². The first-order chi connectivity index (χ1) is 7.07. The molecule has 5 heteroatoms. The molecule has 0 bridgehead atoms. The van der Waals surface area contributed by atoms with Gasteiger partial charge < -0.3 is 10.2 Å². The number of hydrogen-bond acceptors (Lipinski definition) is 2. The maximum absolute atomic E-state index is 13.4. The lowest BCUT2D eigenvalue weighted by atomic mass is 10.0. The van der Waals surface area contributed by atoms with E-state index in [1.54, 1.807) is 6.07 Å². The van der Waals surface area contributed by atoms with Crippen molar-refractivity contribution >= 4 is 31.9 Å². The van der Waals surface area contributed by atoms with E-state index >= 15 is 0 Å². The van der Waals surface area contributed by atoms with Crippen molar-refractivity contribution in [3.63, 3.8) is 0 Å². The lowest BCUT2D eigenvalue weighted by Gasteiger charge is -2.18. The maximum atomic E-state index is 13.4. The van der Waals surface area contributed by atoms with Crippen molar-refractivity contribution < 1.29 is 14.6 Å². The molecule has 15 heavy (non-hydrogen) atoms. The summed E-state index contributed by atoms with van der Waals surface area (Å²) in [7, 11) is 0. The Bertz CT molecular complexity index is 313. The third kappa shape index (κ3) is 3.24. The third-order valence-corrected chi connectivity index (χ3v) is 3.21. The Balaban J connectivity index is 2.94. The highest BCUT2D eigenvalue weighted by Crippen LogP contribution is 2.29. The van der Waals surface area contributed by atoms with Crippen LogP contribution in [0.1, 0.15) is 18.1 Å². The highest BCUT2D eigenvalue weighted by molar-refractivity contribution is 9.10. The van der Waals surface area contributed by atoms with E-state index in [-0.39, 0.29) is 5.56 Å². The molecule has 84 valence electrons. The average molecular weight is 342 g/mol. The Kier molecular flexibility index (Phi) is 5.18. The fraction of sp³-hybridized carbons (Fsp3) is 0.400. The second kappa shape index (κ2) is 5.94. The SMILES string of the molecule is OC(CCBr)C(O)c1c(F)cccc1Br. The van der Waals surface area contributed by atoms with E-state index in [1.165, 1.54) is 12.1 Å². The molecule has 1 rings (SSSR count). The topological polar surface area (TPSA) is 40.5 Å². The van der Waals surface area contributed by atoms with Gasteiger partial charge in [-0.15, -0.1) is 0 Å². The molecule has 1 aromatic carbocycles. The smallest absolute Gasteiger partial charge is 0.130 e. The Labute approximate surface area is 104 Å². The van der Waals surface area contributed by atoms with Crippen molar-refractivity contribution in [1.82, 2.24) is 0 Å². The standard InChI is InChI=1S/C10H11Br2FO2/c11-5-4-8(14)10(15)9-6(12)2-1-3-7(9)13/h1-3,8,10,14-15H,4-5H2. The number of halogens is 3. The molecule has 2 unspecified atom stereocenters. The van der Waals surface area contributed by atoms with E-state index in [9.17, 15) is 14.6 Å². The lowest BCUT2D eigenvalue weighted by Crippen LogP contribution is -2.20. The van der Waals surface area contributed by atoms with Crippen molar-refractivity contribution in [2.24, 2.45) is 0 Å². The molecule has 2 nitrogen and oxygen atoms in total. The summed E-state index contributed by atoms with van der Waals surface area (Å²) in [4.78, 5) is 0. The molecular formula is C10H11Br2FO2. The predicted octanol–water partition coefficient (Wildman–Crippen LogP) is 2.77. The van der Waals surface area contributed by atoms with Gasteiger partial charge in [-0.25, -0.2) is 4.39 Å². The minimum Gasteiger partial charge on any atom is -0.390 e. The highest BCUT2D eigenvalue weighted by Gasteiger charge is 2.23. The molecule has 0 fully saturated rings. The maximum Gasteiger partial charge on any atom is 0.130 e. The fourth-order valence-corrected chi connectivity index (χ4v) is 2.30. The van der Waals surface area contributed by atoms with Gasteiger partial charge in [-0.2, -0.15) is 0 Å². The average Bonchev–Trinajstić information content (AvgIpc) is 2.17. The number of rotatable bonds is 4. The number of aliphatic hydroxyl groups is 2. The number of aliphatic hydroxyl groups excluding tert-OH is 2. The summed E-state index contributed by atoms with van der Waals surface area (Å²) in [5.41, 5.74) is 0.103. The molecule has 2 atom stereocenters. The van der Waals surface area contributed by atoms with Gasteiger partial charge in [0.15, 0.2) is 0 Å². The summed E-state index contributed by atoms with van der Waals surface area (Å²) < 4.78 is 13.9. The Morgan fingerprint density at radius 3 is 2.53 bits per heavy atom. The molecule has 0 amide bonds. The first-order valence-electron chi connectivity index (χ1n) is 4.44. The largest absolute Gasteiger partial charge is 0.390 e. The van der Waals surface area contributed by atoms with E-state index in [1.807, 2.05) is 0 Å². The molecule has 1 aromatic rings. The van der Waals surface area contributed by atoms with Crippen LogP contribution >= 0.6 is 31.9 Å². The molecule has 0 aliphatic carbocycles. The van der Waals surface area contributed by atoms with Crippen LogP contribution < -0.4 is 0 Å². The lowest BCUT2D eigenvalue weighted by molar-refractivity contribution is 0.0148. The zero-order chi connectivity index (χ0) is 11.4. The van der Waals surface area contributed by atoms with Crippen LogP contribution in [0, 0.1) is 5.82 Å². The molecular weight excluding hydrogens is 331 g/mol. The molecule has 0 saturated carbocycles. The highest BCUT2D eigenvalue weighted by atomic mass is 79.9. The van der Waals surface area contributed by atoms with Crippen LogP contribution in [0.5, 0.6) is 0 Å². The minimum absolute atomic E-state index is 0.103. The fourth-order valence-electron chi connectivity index (χ4n) is 1.26. The number of hydrogen-bond donors (Lipinski definition) is 2. The van der Waals surface area contributed by atoms with Crippen LogP contribution in [-0.2, 0) is 0 Å². The quantitative estimate of drug-likeness (QED) is 0.827. The van der Waals surface area contributed by atoms with Crippen molar-refractivity contribution in [3.8, 4) is 0 Å². The van der Waals surface area contributed by atoms with Crippen LogP contribution in [-0.4, -0.2) is 21.6 Å². The number of benzene rings is 1. The van der Waals surface area contributed by atoms with Gasteiger partial charge in [0.25, 0.3) is 0 Å². The van der Waals surface area contributed by atoms with Crippen molar-refractivity contribution in [2.45, 2.75) is 18.6 Å². The Morgan fingerprint density at radius 2 is 2.00 bits per heavy atom. The van der Waals surface area contributed by atoms with Gasteiger partial charge in [-0.3, -0.25) is 0 Å². The predicted molar refractivity (Wildman–Crippen MR) is 63.5 cm³/mol. The molecule has 2 N–H and O–H groups in total. The van der Waals surface area contributed by atoms with Gasteiger partial charge >= 0.3 is 0 Å². The molecule has 0 spiro atoms. The van der Waals surface area contributed by atoms with E-state index in [4.69, 9.17) is 0 Å². The van der Waals surface area contributed by atoms with E-state index in [0.29, 0.717) is 16.2 Å². The number of alkyl halides is 1. The zero-order valence-electron chi connectivity index (χ0n) is 7.83. The first-order valence-corrected chi connectivity index (χ1v) is 6.35. The third-order valence-electron chi connectivity index (χ3n) is 2.06. The summed E-state index contributed by atoms with van der Waals surface area (Å²) in [6, 6.07) is 4.42. The minimum atomic E-state index is -1.21. The summed E-state index contributed by atoms with van der Waals surface area (Å²) in [5, 5.41) is 19.8. The normalized spacial score (nSPS) is 15.0. The molecule has 0 radical (unpaired) electrons. The molecule has 0 saturated heterocycles. The Hall–Kier alpha value is 0.0300. The first kappa shape index (κ1) is 13.1. The van der Waals surface area contributed by atoms with Crippen molar-refractivity contribution in [1.29, 1.82) is 0 Å². The molecule has 0 aliphatic heterocycles. The summed E-state index contributed by atoms with van der Waals surface area (Å²) in [6.45, 7) is 0. The van der Waals surface area contributed by atoms with Crippen LogP contribution in [0.3, 0.4) is 0 Å². The molecule has 0 aliphatic rings. The van der Waals surface area contributed by atoms with Gasteiger partial charge in [0.1, 0.15) is 11.9 Å². The van der Waals surface area contributed by atoms with Crippen LogP contribution in [0.2, 0.25) is 0 Å². The summed E-state index contributed by atoms with van der Waals surface area (Å²) >= 11 is 6.30. The van der Waals surface area contributed by atoms with E-state index in [0.717, 1.165) is 0 Å². The van der Waals surface area contributed by atoms with Gasteiger partial charge in [-0.05, 0) is 18.6 Å². The second-order valence-electron chi connectivity index (χ2n) is 3.13.